The first-order valence-electron chi connectivity index (χ1n) is 9.49. The lowest BCUT2D eigenvalue weighted by atomic mass is 10.1. The standard InChI is InChI=1S/C21H21FN6/c22-15-4-1-5-17-19(15)20(23)14(11-25-17)21-27-16-7-6-12(9-18(16)28-21)26-13-3-2-8-24-10-13/h1,4-7,9,11,13,24,26H,2-3,8,10H2,(H2,23,25)(H,27,28). The van der Waals surface area contributed by atoms with Crippen molar-refractivity contribution in [3.63, 3.8) is 0 Å². The van der Waals surface area contributed by atoms with Crippen LogP contribution in [0, 0.1) is 5.82 Å². The molecule has 1 aliphatic heterocycles. The van der Waals surface area contributed by atoms with Gasteiger partial charge in [-0.05, 0) is 49.7 Å². The Morgan fingerprint density at radius 1 is 1.18 bits per heavy atom. The predicted molar refractivity (Wildman–Crippen MR) is 111 cm³/mol. The fraction of sp³-hybridized carbons (Fsp3) is 0.238. The average Bonchev–Trinajstić information content (AvgIpc) is 3.12. The number of hydrogen-bond acceptors (Lipinski definition) is 5. The van der Waals surface area contributed by atoms with Crippen LogP contribution in [0.25, 0.3) is 33.3 Å². The van der Waals surface area contributed by atoms with Crippen molar-refractivity contribution in [2.24, 2.45) is 0 Å². The highest BCUT2D eigenvalue weighted by Crippen LogP contribution is 2.32. The summed E-state index contributed by atoms with van der Waals surface area (Å²) in [6.07, 6.45) is 3.98. The summed E-state index contributed by atoms with van der Waals surface area (Å²) in [5, 5.41) is 7.30. The first-order chi connectivity index (χ1) is 13.7. The van der Waals surface area contributed by atoms with Crippen molar-refractivity contribution in [1.29, 1.82) is 0 Å². The zero-order chi connectivity index (χ0) is 19.1. The van der Waals surface area contributed by atoms with Gasteiger partial charge in [0.25, 0.3) is 0 Å². The number of nitrogens with two attached hydrogens (primary N) is 1. The van der Waals surface area contributed by atoms with E-state index in [1.54, 1.807) is 18.3 Å². The van der Waals surface area contributed by atoms with Crippen LogP contribution in [0.15, 0.2) is 42.6 Å². The van der Waals surface area contributed by atoms with E-state index in [1.807, 2.05) is 18.2 Å². The molecule has 28 heavy (non-hydrogen) atoms. The number of piperidine rings is 1. The number of H-pyrrole nitrogens is 1. The van der Waals surface area contributed by atoms with Crippen LogP contribution < -0.4 is 16.4 Å². The van der Waals surface area contributed by atoms with E-state index in [9.17, 15) is 4.39 Å². The predicted octanol–water partition coefficient (Wildman–Crippen LogP) is 3.66. The van der Waals surface area contributed by atoms with Crippen molar-refractivity contribution in [3.8, 4) is 11.4 Å². The molecule has 7 heteroatoms. The first kappa shape index (κ1) is 16.9. The molecule has 1 atom stereocenters. The van der Waals surface area contributed by atoms with E-state index in [1.165, 1.54) is 12.5 Å². The van der Waals surface area contributed by atoms with Gasteiger partial charge in [-0.3, -0.25) is 4.98 Å². The van der Waals surface area contributed by atoms with Gasteiger partial charge in [-0.2, -0.15) is 0 Å². The van der Waals surface area contributed by atoms with Crippen molar-refractivity contribution in [2.75, 3.05) is 24.1 Å². The largest absolute Gasteiger partial charge is 0.397 e. The Hall–Kier alpha value is -3.19. The minimum Gasteiger partial charge on any atom is -0.397 e. The minimum absolute atomic E-state index is 0.326. The first-order valence-corrected chi connectivity index (χ1v) is 9.49. The Bertz CT molecular complexity index is 1160. The van der Waals surface area contributed by atoms with Gasteiger partial charge in [-0.15, -0.1) is 0 Å². The maximum atomic E-state index is 14.3. The van der Waals surface area contributed by atoms with Gasteiger partial charge < -0.3 is 21.4 Å². The van der Waals surface area contributed by atoms with Gasteiger partial charge in [0.1, 0.15) is 11.6 Å². The van der Waals surface area contributed by atoms with Crippen LogP contribution in [0.4, 0.5) is 15.8 Å². The third kappa shape index (κ3) is 2.93. The Kier molecular flexibility index (Phi) is 4.09. The minimum atomic E-state index is -0.381. The van der Waals surface area contributed by atoms with E-state index >= 15 is 0 Å². The number of aromatic amines is 1. The summed E-state index contributed by atoms with van der Waals surface area (Å²) >= 11 is 0. The number of pyridine rings is 1. The smallest absolute Gasteiger partial charge is 0.142 e. The molecule has 5 N–H and O–H groups in total. The van der Waals surface area contributed by atoms with E-state index in [4.69, 9.17) is 5.73 Å². The molecule has 0 saturated carbocycles. The van der Waals surface area contributed by atoms with Gasteiger partial charge in [-0.25, -0.2) is 9.37 Å². The second-order valence-electron chi connectivity index (χ2n) is 7.22. The highest BCUT2D eigenvalue weighted by Gasteiger charge is 2.16. The molecule has 3 heterocycles. The molecule has 1 saturated heterocycles. The number of imidazole rings is 1. The topological polar surface area (TPSA) is 91.6 Å². The number of benzene rings is 2. The lowest BCUT2D eigenvalue weighted by Gasteiger charge is -2.24. The summed E-state index contributed by atoms with van der Waals surface area (Å²) in [5.41, 5.74) is 10.5. The maximum absolute atomic E-state index is 14.3. The molecule has 1 unspecified atom stereocenters. The number of anilines is 2. The number of halogens is 1. The van der Waals surface area contributed by atoms with Crippen molar-refractivity contribution < 1.29 is 4.39 Å². The van der Waals surface area contributed by atoms with Crippen molar-refractivity contribution in [3.05, 3.63) is 48.4 Å². The third-order valence-corrected chi connectivity index (χ3v) is 5.29. The summed E-state index contributed by atoms with van der Waals surface area (Å²) in [7, 11) is 0. The number of nitrogens with one attached hydrogen (secondary N) is 3. The Labute approximate surface area is 161 Å². The molecule has 2 aromatic carbocycles. The summed E-state index contributed by atoms with van der Waals surface area (Å²) in [6, 6.07) is 11.2. The molecule has 0 spiro atoms. The van der Waals surface area contributed by atoms with Crippen molar-refractivity contribution in [1.82, 2.24) is 20.3 Å². The molecule has 0 aliphatic carbocycles. The molecule has 0 amide bonds. The van der Waals surface area contributed by atoms with E-state index in [0.717, 1.165) is 36.2 Å². The number of nitrogens with zero attached hydrogens (tertiary/aromatic N) is 2. The number of nitrogen functional groups attached to an aromatic ring is 1. The number of fused-ring (bicyclic) bond motifs is 2. The van der Waals surface area contributed by atoms with Crippen LogP contribution in [0.5, 0.6) is 0 Å². The second-order valence-corrected chi connectivity index (χ2v) is 7.22. The Morgan fingerprint density at radius 2 is 2.11 bits per heavy atom. The monoisotopic (exact) mass is 376 g/mol. The summed E-state index contributed by atoms with van der Waals surface area (Å²) in [4.78, 5) is 12.3. The highest BCUT2D eigenvalue weighted by molar-refractivity contribution is 5.98. The number of hydrogen-bond donors (Lipinski definition) is 4. The van der Waals surface area contributed by atoms with Gasteiger partial charge in [0, 0.05) is 24.5 Å². The van der Waals surface area contributed by atoms with Crippen LogP contribution in [0.2, 0.25) is 0 Å². The molecule has 1 aliphatic rings. The van der Waals surface area contributed by atoms with Gasteiger partial charge in [0.2, 0.25) is 0 Å². The molecule has 5 rings (SSSR count). The lowest BCUT2D eigenvalue weighted by Crippen LogP contribution is -2.38. The average molecular weight is 376 g/mol. The van der Waals surface area contributed by atoms with Crippen LogP contribution in [0.3, 0.4) is 0 Å². The van der Waals surface area contributed by atoms with Crippen LogP contribution in [-0.2, 0) is 0 Å². The van der Waals surface area contributed by atoms with Crippen molar-refractivity contribution >= 4 is 33.3 Å². The fourth-order valence-corrected chi connectivity index (χ4v) is 3.85. The normalized spacial score (nSPS) is 17.2. The molecule has 4 aromatic rings. The zero-order valence-corrected chi connectivity index (χ0v) is 15.3. The van der Waals surface area contributed by atoms with Gasteiger partial charge in [0.05, 0.1) is 33.2 Å². The quantitative estimate of drug-likeness (QED) is 0.438. The molecule has 142 valence electrons. The Morgan fingerprint density at radius 3 is 2.96 bits per heavy atom. The van der Waals surface area contributed by atoms with Crippen LogP contribution in [-0.4, -0.2) is 34.1 Å². The van der Waals surface area contributed by atoms with E-state index in [2.05, 4.69) is 25.6 Å². The van der Waals surface area contributed by atoms with Gasteiger partial charge >= 0.3 is 0 Å². The fourth-order valence-electron chi connectivity index (χ4n) is 3.85. The molecular weight excluding hydrogens is 355 g/mol. The van der Waals surface area contributed by atoms with Gasteiger partial charge in [0.15, 0.2) is 0 Å². The molecule has 0 bridgehead atoms. The maximum Gasteiger partial charge on any atom is 0.142 e. The summed E-state index contributed by atoms with van der Waals surface area (Å²) < 4.78 is 14.3. The summed E-state index contributed by atoms with van der Waals surface area (Å²) in [5.74, 6) is 0.203. The molecular formula is C21H21FN6. The highest BCUT2D eigenvalue weighted by atomic mass is 19.1. The van der Waals surface area contributed by atoms with Crippen molar-refractivity contribution in [2.45, 2.75) is 18.9 Å². The van der Waals surface area contributed by atoms with E-state index < -0.39 is 0 Å². The molecule has 0 radical (unpaired) electrons. The lowest BCUT2D eigenvalue weighted by molar-refractivity contribution is 0.480. The third-order valence-electron chi connectivity index (χ3n) is 5.29. The van der Waals surface area contributed by atoms with Crippen LogP contribution >= 0.6 is 0 Å². The zero-order valence-electron chi connectivity index (χ0n) is 15.3. The Balaban J connectivity index is 1.52. The van der Waals surface area contributed by atoms with E-state index in [0.29, 0.717) is 34.0 Å². The number of rotatable bonds is 3. The molecule has 2 aromatic heterocycles. The molecule has 6 nitrogen and oxygen atoms in total. The van der Waals surface area contributed by atoms with Gasteiger partial charge in [-0.1, -0.05) is 6.07 Å². The van der Waals surface area contributed by atoms with E-state index in [-0.39, 0.29) is 5.82 Å². The SMILES string of the molecule is Nc1c(-c2nc3ccc(NC4CCCNC4)cc3[nH]2)cnc2cccc(F)c12. The second kappa shape index (κ2) is 6.76. The summed E-state index contributed by atoms with van der Waals surface area (Å²) in [6.45, 7) is 2.06. The van der Waals surface area contributed by atoms with Crippen LogP contribution in [0.1, 0.15) is 12.8 Å². The molecule has 1 fully saturated rings. The number of aromatic nitrogens is 3.